The number of amides is 1. The Morgan fingerprint density at radius 2 is 2.18 bits per heavy atom. The van der Waals surface area contributed by atoms with E-state index in [0.29, 0.717) is 22.6 Å². The Bertz CT molecular complexity index is 820. The quantitative estimate of drug-likeness (QED) is 0.832. The lowest BCUT2D eigenvalue weighted by Crippen LogP contribution is -2.35. The van der Waals surface area contributed by atoms with Crippen molar-refractivity contribution in [3.63, 3.8) is 0 Å². The van der Waals surface area contributed by atoms with Gasteiger partial charge in [0.05, 0.1) is 10.9 Å². The number of hydrogen-bond acceptors (Lipinski definition) is 3. The van der Waals surface area contributed by atoms with Crippen molar-refractivity contribution in [3.8, 4) is 0 Å². The maximum atomic E-state index is 12.4. The molecule has 116 valence electrons. The first-order valence-electron chi connectivity index (χ1n) is 7.57. The first-order valence-corrected chi connectivity index (χ1v) is 7.98. The molecule has 1 aliphatic rings. The zero-order chi connectivity index (χ0) is 15.7. The second kappa shape index (κ2) is 6.04. The molecule has 5 nitrogen and oxygen atoms in total. The van der Waals surface area contributed by atoms with Gasteiger partial charge in [0.15, 0.2) is 4.77 Å². The summed E-state index contributed by atoms with van der Waals surface area (Å²) in [6.07, 6.45) is 2.64. The number of rotatable bonds is 5. The van der Waals surface area contributed by atoms with Crippen molar-refractivity contribution >= 4 is 29.0 Å². The third kappa shape index (κ3) is 3.11. The van der Waals surface area contributed by atoms with Crippen LogP contribution in [-0.4, -0.2) is 21.5 Å². The molecule has 0 radical (unpaired) electrons. The number of hydrogen-bond donors (Lipinski definition) is 2. The molecule has 1 heterocycles. The third-order valence-electron chi connectivity index (χ3n) is 4.17. The Morgan fingerprint density at radius 1 is 1.45 bits per heavy atom. The van der Waals surface area contributed by atoms with Gasteiger partial charge in [0.25, 0.3) is 5.56 Å². The highest BCUT2D eigenvalue weighted by molar-refractivity contribution is 7.71. The van der Waals surface area contributed by atoms with Crippen LogP contribution in [-0.2, 0) is 11.3 Å². The van der Waals surface area contributed by atoms with Gasteiger partial charge < -0.3 is 10.3 Å². The molecule has 1 saturated carbocycles. The second-order valence-electron chi connectivity index (χ2n) is 5.88. The van der Waals surface area contributed by atoms with Gasteiger partial charge in [-0.2, -0.15) is 0 Å². The fourth-order valence-electron chi connectivity index (χ4n) is 2.66. The Balaban J connectivity index is 1.74. The summed E-state index contributed by atoms with van der Waals surface area (Å²) in [7, 11) is 0. The molecule has 0 bridgehead atoms. The van der Waals surface area contributed by atoms with E-state index < -0.39 is 0 Å². The normalized spacial score (nSPS) is 15.7. The van der Waals surface area contributed by atoms with E-state index in [1.807, 2.05) is 25.1 Å². The Kier molecular flexibility index (Phi) is 4.11. The molecule has 1 atom stereocenters. The maximum absolute atomic E-state index is 12.4. The smallest absolute Gasteiger partial charge is 0.262 e. The van der Waals surface area contributed by atoms with Crippen molar-refractivity contribution in [1.82, 2.24) is 14.9 Å². The van der Waals surface area contributed by atoms with Gasteiger partial charge in [-0.25, -0.2) is 0 Å². The number of carbonyl (C=O) groups excluding carboxylic acids is 1. The van der Waals surface area contributed by atoms with Gasteiger partial charge in [0, 0.05) is 19.0 Å². The second-order valence-corrected chi connectivity index (χ2v) is 6.26. The fourth-order valence-corrected chi connectivity index (χ4v) is 2.94. The molecule has 2 aromatic rings. The summed E-state index contributed by atoms with van der Waals surface area (Å²) in [6, 6.07) is 7.46. The van der Waals surface area contributed by atoms with Crippen LogP contribution in [0.15, 0.2) is 29.1 Å². The molecule has 0 unspecified atom stereocenters. The fraction of sp³-hybridized carbons (Fsp3) is 0.438. The van der Waals surface area contributed by atoms with Crippen molar-refractivity contribution in [2.75, 3.05) is 0 Å². The monoisotopic (exact) mass is 317 g/mol. The summed E-state index contributed by atoms with van der Waals surface area (Å²) >= 11 is 5.23. The van der Waals surface area contributed by atoms with Crippen LogP contribution >= 0.6 is 12.2 Å². The minimum Gasteiger partial charge on any atom is -0.353 e. The lowest BCUT2D eigenvalue weighted by atomic mass is 10.2. The van der Waals surface area contributed by atoms with Crippen molar-refractivity contribution in [2.45, 2.75) is 38.8 Å². The number of aromatic amines is 1. The lowest BCUT2D eigenvalue weighted by Gasteiger charge is -2.13. The average molecular weight is 317 g/mol. The number of carbonyl (C=O) groups is 1. The number of fused-ring (bicyclic) bond motifs is 1. The summed E-state index contributed by atoms with van der Waals surface area (Å²) in [5.74, 6) is 0.587. The van der Waals surface area contributed by atoms with Gasteiger partial charge in [-0.1, -0.05) is 12.1 Å². The zero-order valence-corrected chi connectivity index (χ0v) is 13.3. The predicted octanol–water partition coefficient (Wildman–Crippen LogP) is 2.36. The number of para-hydroxylation sites is 1. The minimum atomic E-state index is -0.151. The van der Waals surface area contributed by atoms with Crippen LogP contribution in [0.1, 0.15) is 26.2 Å². The zero-order valence-electron chi connectivity index (χ0n) is 12.5. The highest BCUT2D eigenvalue weighted by atomic mass is 32.1. The average Bonchev–Trinajstić information content (AvgIpc) is 3.31. The van der Waals surface area contributed by atoms with Gasteiger partial charge >= 0.3 is 0 Å². The van der Waals surface area contributed by atoms with Crippen LogP contribution in [0, 0.1) is 10.7 Å². The van der Waals surface area contributed by atoms with E-state index in [0.717, 1.165) is 5.52 Å². The molecule has 0 spiro atoms. The molecule has 6 heteroatoms. The first kappa shape index (κ1) is 15.0. The Hall–Kier alpha value is -1.95. The molecule has 22 heavy (non-hydrogen) atoms. The Morgan fingerprint density at radius 3 is 2.91 bits per heavy atom. The summed E-state index contributed by atoms with van der Waals surface area (Å²) < 4.78 is 1.81. The highest BCUT2D eigenvalue weighted by Crippen LogP contribution is 2.32. The van der Waals surface area contributed by atoms with Crippen molar-refractivity contribution < 1.29 is 4.79 Å². The van der Waals surface area contributed by atoms with Crippen molar-refractivity contribution in [3.05, 3.63) is 39.4 Å². The molecular formula is C16H19N3O2S. The predicted molar refractivity (Wildman–Crippen MR) is 88.3 cm³/mol. The molecule has 2 N–H and O–H groups in total. The molecule has 1 aliphatic carbocycles. The summed E-state index contributed by atoms with van der Waals surface area (Å²) in [6.45, 7) is 2.33. The van der Waals surface area contributed by atoms with E-state index in [9.17, 15) is 9.59 Å². The third-order valence-corrected chi connectivity index (χ3v) is 4.49. The van der Waals surface area contributed by atoms with E-state index in [1.165, 1.54) is 17.4 Å². The van der Waals surface area contributed by atoms with Gasteiger partial charge in [0.1, 0.15) is 0 Å². The molecule has 1 aromatic carbocycles. The molecule has 1 aromatic heterocycles. The van der Waals surface area contributed by atoms with Crippen LogP contribution in [0.2, 0.25) is 0 Å². The van der Waals surface area contributed by atoms with Gasteiger partial charge in [-0.3, -0.25) is 14.2 Å². The van der Waals surface area contributed by atoms with Gasteiger partial charge in [-0.15, -0.1) is 0 Å². The number of nitrogens with one attached hydrogen (secondary N) is 2. The van der Waals surface area contributed by atoms with Crippen LogP contribution in [0.5, 0.6) is 0 Å². The number of benzene rings is 1. The molecular weight excluding hydrogens is 298 g/mol. The van der Waals surface area contributed by atoms with Crippen molar-refractivity contribution in [1.29, 1.82) is 0 Å². The highest BCUT2D eigenvalue weighted by Gasteiger charge is 2.28. The maximum Gasteiger partial charge on any atom is 0.262 e. The van der Waals surface area contributed by atoms with Crippen LogP contribution < -0.4 is 10.9 Å². The SMILES string of the molecule is C[C@@H](NC(=O)CCn1c(=S)[nH]c2ccccc2c1=O)C1CC1. The molecule has 0 saturated heterocycles. The minimum absolute atomic E-state index is 0.0335. The standard InChI is InChI=1S/C16H19N3O2S/c1-10(11-6-7-11)17-14(20)8-9-19-15(21)12-4-2-3-5-13(12)18-16(19)22/h2-5,10-11H,6-9H2,1H3,(H,17,20)(H,18,22)/t10-/m1/s1. The number of aromatic nitrogens is 2. The first-order chi connectivity index (χ1) is 10.6. The van der Waals surface area contributed by atoms with E-state index in [4.69, 9.17) is 12.2 Å². The van der Waals surface area contributed by atoms with Crippen LogP contribution in [0.25, 0.3) is 10.9 Å². The van der Waals surface area contributed by atoms with Gasteiger partial charge in [0.2, 0.25) is 5.91 Å². The molecule has 1 fully saturated rings. The van der Waals surface area contributed by atoms with E-state index in [1.54, 1.807) is 6.07 Å². The van der Waals surface area contributed by atoms with Gasteiger partial charge in [-0.05, 0) is 50.0 Å². The van der Waals surface area contributed by atoms with Crippen molar-refractivity contribution in [2.24, 2.45) is 5.92 Å². The van der Waals surface area contributed by atoms with Crippen LogP contribution in [0.3, 0.4) is 0 Å². The van der Waals surface area contributed by atoms with E-state index >= 15 is 0 Å². The molecule has 3 rings (SSSR count). The topological polar surface area (TPSA) is 66.9 Å². The van der Waals surface area contributed by atoms with Crippen LogP contribution in [0.4, 0.5) is 0 Å². The lowest BCUT2D eigenvalue weighted by molar-refractivity contribution is -0.122. The summed E-state index contributed by atoms with van der Waals surface area (Å²) in [5.41, 5.74) is 0.572. The van der Waals surface area contributed by atoms with E-state index in [2.05, 4.69) is 10.3 Å². The Labute approximate surface area is 133 Å². The number of nitrogens with zero attached hydrogens (tertiary/aromatic N) is 1. The summed E-state index contributed by atoms with van der Waals surface area (Å²) in [4.78, 5) is 27.5. The largest absolute Gasteiger partial charge is 0.353 e. The molecule has 0 aliphatic heterocycles. The van der Waals surface area contributed by atoms with E-state index in [-0.39, 0.29) is 23.9 Å². The summed E-state index contributed by atoms with van der Waals surface area (Å²) in [5, 5.41) is 3.58. The molecule has 1 amide bonds. The number of H-pyrrole nitrogens is 1.